The van der Waals surface area contributed by atoms with Crippen LogP contribution in [0.25, 0.3) is 0 Å². The van der Waals surface area contributed by atoms with E-state index in [0.29, 0.717) is 11.8 Å². The molecule has 0 heterocycles. The van der Waals surface area contributed by atoms with Gasteiger partial charge in [-0.2, -0.15) is 0 Å². The smallest absolute Gasteiger partial charge is 0.00928 e. The van der Waals surface area contributed by atoms with Crippen LogP contribution < -0.4 is 0 Å². The molecule has 0 heteroatoms. The van der Waals surface area contributed by atoms with Gasteiger partial charge in [-0.05, 0) is 17.4 Å². The molecule has 0 aromatic carbocycles. The van der Waals surface area contributed by atoms with E-state index in [1.807, 2.05) is 0 Å². The Morgan fingerprint density at radius 3 is 2.33 bits per heavy atom. The monoisotopic (exact) mass is 200 g/mol. The highest BCUT2D eigenvalue weighted by Crippen LogP contribution is 2.27. The van der Waals surface area contributed by atoms with Gasteiger partial charge in [0.25, 0.3) is 0 Å². The van der Waals surface area contributed by atoms with Crippen molar-refractivity contribution in [3.05, 3.63) is 34.9 Å². The largest absolute Gasteiger partial charge is 0.115 e. The van der Waals surface area contributed by atoms with Crippen LogP contribution in [0.3, 0.4) is 0 Å². The Bertz CT molecular complexity index is 354. The highest BCUT2D eigenvalue weighted by molar-refractivity contribution is 5.45. The maximum absolute atomic E-state index is 5.59. The molecule has 0 fully saturated rings. The van der Waals surface area contributed by atoms with Crippen molar-refractivity contribution in [1.82, 2.24) is 0 Å². The maximum atomic E-state index is 5.59. The van der Waals surface area contributed by atoms with Crippen molar-refractivity contribution < 1.29 is 0 Å². The fraction of sp³-hybridized carbons (Fsp3) is 0.467. The first-order valence-corrected chi connectivity index (χ1v) is 5.63. The Hall–Kier alpha value is -1.22. The van der Waals surface area contributed by atoms with E-state index in [0.717, 1.165) is 12.0 Å². The van der Waals surface area contributed by atoms with Crippen molar-refractivity contribution in [3.63, 3.8) is 0 Å². The van der Waals surface area contributed by atoms with Crippen LogP contribution in [0, 0.1) is 24.2 Å². The second-order valence-electron chi connectivity index (χ2n) is 4.67. The number of hydrogen-bond donors (Lipinski definition) is 0. The number of rotatable bonds is 2. The van der Waals surface area contributed by atoms with Gasteiger partial charge in [0, 0.05) is 12.0 Å². The predicted molar refractivity (Wildman–Crippen MR) is 67.4 cm³/mol. The molecule has 0 unspecified atom stereocenters. The van der Waals surface area contributed by atoms with Crippen molar-refractivity contribution in [2.24, 2.45) is 11.8 Å². The summed E-state index contributed by atoms with van der Waals surface area (Å²) in [7, 11) is 0. The molecule has 0 bridgehead atoms. The quantitative estimate of drug-likeness (QED) is 0.588. The molecular weight excluding hydrogens is 180 g/mol. The molecule has 0 N–H and O–H groups in total. The summed E-state index contributed by atoms with van der Waals surface area (Å²) in [5.74, 6) is 3.93. The Labute approximate surface area is 93.8 Å². The zero-order valence-electron chi connectivity index (χ0n) is 10.2. The summed E-state index contributed by atoms with van der Waals surface area (Å²) in [5, 5.41) is 0. The molecule has 0 saturated heterocycles. The van der Waals surface area contributed by atoms with Gasteiger partial charge >= 0.3 is 0 Å². The van der Waals surface area contributed by atoms with Crippen molar-refractivity contribution in [1.29, 1.82) is 0 Å². The standard InChI is InChI=1S/C15H20/c1-6-13-10-14(11(2)3)8-7-9-15(13)12(4)5/h1,7-9,11-12H,10H2,2-5H3. The van der Waals surface area contributed by atoms with Crippen LogP contribution >= 0.6 is 0 Å². The molecule has 1 aliphatic carbocycles. The van der Waals surface area contributed by atoms with Gasteiger partial charge in [-0.25, -0.2) is 0 Å². The molecule has 1 aliphatic rings. The molecule has 15 heavy (non-hydrogen) atoms. The van der Waals surface area contributed by atoms with Crippen molar-refractivity contribution in [2.75, 3.05) is 0 Å². The molecule has 0 atom stereocenters. The number of allylic oxidation sites excluding steroid dienone is 6. The summed E-state index contributed by atoms with van der Waals surface area (Å²) >= 11 is 0. The van der Waals surface area contributed by atoms with Gasteiger partial charge < -0.3 is 0 Å². The molecule has 0 radical (unpaired) electrons. The van der Waals surface area contributed by atoms with Gasteiger partial charge in [-0.1, -0.05) is 57.4 Å². The van der Waals surface area contributed by atoms with E-state index in [2.05, 4.69) is 51.8 Å². The van der Waals surface area contributed by atoms with Crippen molar-refractivity contribution >= 4 is 0 Å². The van der Waals surface area contributed by atoms with E-state index in [1.54, 1.807) is 0 Å². The minimum atomic E-state index is 0.507. The maximum Gasteiger partial charge on any atom is 0.00928 e. The highest BCUT2D eigenvalue weighted by Gasteiger charge is 2.12. The third kappa shape index (κ3) is 2.86. The fourth-order valence-electron chi connectivity index (χ4n) is 1.81. The first kappa shape index (κ1) is 11.9. The topological polar surface area (TPSA) is 0 Å². The molecule has 0 aromatic heterocycles. The minimum absolute atomic E-state index is 0.507. The Morgan fingerprint density at radius 1 is 1.20 bits per heavy atom. The Morgan fingerprint density at radius 2 is 1.87 bits per heavy atom. The lowest BCUT2D eigenvalue weighted by atomic mass is 9.91. The molecular formula is C15H20. The first-order chi connectivity index (χ1) is 7.06. The van der Waals surface area contributed by atoms with Gasteiger partial charge in [-0.15, -0.1) is 6.42 Å². The summed E-state index contributed by atoms with van der Waals surface area (Å²) in [6, 6.07) is 0. The highest BCUT2D eigenvalue weighted by atomic mass is 14.2. The van der Waals surface area contributed by atoms with E-state index in [9.17, 15) is 0 Å². The SMILES string of the molecule is C#CC1=C(C(C)C)C=CC=C(C(C)C)C1. The normalized spacial score (nSPS) is 16.7. The molecule has 0 spiro atoms. The van der Waals surface area contributed by atoms with Crippen LogP contribution in [-0.4, -0.2) is 0 Å². The summed E-state index contributed by atoms with van der Waals surface area (Å²) in [4.78, 5) is 0. The van der Waals surface area contributed by atoms with Crippen LogP contribution in [0.5, 0.6) is 0 Å². The Kier molecular flexibility index (Phi) is 3.97. The lowest BCUT2D eigenvalue weighted by Crippen LogP contribution is -1.99. The van der Waals surface area contributed by atoms with E-state index >= 15 is 0 Å². The minimum Gasteiger partial charge on any atom is -0.115 e. The predicted octanol–water partition coefficient (Wildman–Crippen LogP) is 4.11. The van der Waals surface area contributed by atoms with Gasteiger partial charge in [0.2, 0.25) is 0 Å². The summed E-state index contributed by atoms with van der Waals surface area (Å²) in [6.45, 7) is 8.82. The summed E-state index contributed by atoms with van der Waals surface area (Å²) in [5.41, 5.74) is 3.89. The van der Waals surface area contributed by atoms with E-state index in [-0.39, 0.29) is 0 Å². The first-order valence-electron chi connectivity index (χ1n) is 5.63. The molecule has 1 rings (SSSR count). The number of terminal acetylenes is 1. The zero-order chi connectivity index (χ0) is 11.4. The van der Waals surface area contributed by atoms with E-state index in [4.69, 9.17) is 6.42 Å². The van der Waals surface area contributed by atoms with Crippen LogP contribution in [0.2, 0.25) is 0 Å². The third-order valence-electron chi connectivity index (χ3n) is 2.85. The van der Waals surface area contributed by atoms with Crippen LogP contribution in [0.4, 0.5) is 0 Å². The summed E-state index contributed by atoms with van der Waals surface area (Å²) in [6.07, 6.45) is 13.0. The molecule has 0 aromatic rings. The molecule has 0 saturated carbocycles. The average Bonchev–Trinajstić information content (AvgIpc) is 2.38. The average molecular weight is 200 g/mol. The van der Waals surface area contributed by atoms with Crippen LogP contribution in [0.15, 0.2) is 34.9 Å². The van der Waals surface area contributed by atoms with E-state index in [1.165, 1.54) is 11.1 Å². The number of hydrogen-bond acceptors (Lipinski definition) is 0. The van der Waals surface area contributed by atoms with Crippen molar-refractivity contribution in [3.8, 4) is 12.3 Å². The molecule has 0 nitrogen and oxygen atoms in total. The molecule has 0 aliphatic heterocycles. The summed E-state index contributed by atoms with van der Waals surface area (Å²) < 4.78 is 0. The van der Waals surface area contributed by atoms with Gasteiger partial charge in [0.05, 0.1) is 0 Å². The van der Waals surface area contributed by atoms with Gasteiger partial charge in [0.1, 0.15) is 0 Å². The Balaban J connectivity index is 3.07. The fourth-order valence-corrected chi connectivity index (χ4v) is 1.81. The van der Waals surface area contributed by atoms with Gasteiger partial charge in [0.15, 0.2) is 0 Å². The zero-order valence-corrected chi connectivity index (χ0v) is 10.2. The lowest BCUT2D eigenvalue weighted by molar-refractivity contribution is 0.733. The molecule has 80 valence electrons. The second kappa shape index (κ2) is 5.03. The van der Waals surface area contributed by atoms with Crippen molar-refractivity contribution in [2.45, 2.75) is 34.1 Å². The third-order valence-corrected chi connectivity index (χ3v) is 2.85. The second-order valence-corrected chi connectivity index (χ2v) is 4.67. The van der Waals surface area contributed by atoms with Crippen LogP contribution in [-0.2, 0) is 0 Å². The lowest BCUT2D eigenvalue weighted by Gasteiger charge is -2.13. The van der Waals surface area contributed by atoms with E-state index < -0.39 is 0 Å². The van der Waals surface area contributed by atoms with Crippen LogP contribution in [0.1, 0.15) is 34.1 Å². The van der Waals surface area contributed by atoms with Gasteiger partial charge in [-0.3, -0.25) is 0 Å². The molecule has 0 amide bonds.